The first-order chi connectivity index (χ1) is 7.25. The molecular formula is C11H15FN2O. The van der Waals surface area contributed by atoms with Crippen LogP contribution in [0.1, 0.15) is 12.1 Å². The van der Waals surface area contributed by atoms with Gasteiger partial charge < -0.3 is 10.1 Å². The summed E-state index contributed by atoms with van der Waals surface area (Å²) in [6, 6.07) is 3.70. The summed E-state index contributed by atoms with van der Waals surface area (Å²) in [6.45, 7) is 3.10. The molecule has 0 spiro atoms. The van der Waals surface area contributed by atoms with Crippen LogP contribution < -0.4 is 10.1 Å². The van der Waals surface area contributed by atoms with E-state index < -0.39 is 6.17 Å². The third-order valence-electron chi connectivity index (χ3n) is 2.52. The number of hydrogen-bond acceptors (Lipinski definition) is 3. The minimum absolute atomic E-state index is 0.337. The summed E-state index contributed by atoms with van der Waals surface area (Å²) in [5.41, 5.74) is 0.935. The number of nitrogens with zero attached hydrogens (tertiary/aromatic N) is 1. The molecule has 0 amide bonds. The van der Waals surface area contributed by atoms with Crippen LogP contribution in [0.3, 0.4) is 0 Å². The molecule has 1 aliphatic heterocycles. The number of ether oxygens (including phenoxy) is 1. The van der Waals surface area contributed by atoms with E-state index in [9.17, 15) is 4.39 Å². The molecule has 1 aromatic heterocycles. The first-order valence-corrected chi connectivity index (χ1v) is 5.20. The molecule has 0 unspecified atom stereocenters. The number of aromatic nitrogens is 1. The topological polar surface area (TPSA) is 34.1 Å². The average Bonchev–Trinajstić information content (AvgIpc) is 2.25. The number of rotatable bonds is 2. The fraction of sp³-hybridized carbons (Fsp3) is 0.545. The number of piperidine rings is 1. The summed E-state index contributed by atoms with van der Waals surface area (Å²) in [5.74, 6) is 0.648. The number of pyridine rings is 1. The quantitative estimate of drug-likeness (QED) is 0.802. The average molecular weight is 210 g/mol. The lowest BCUT2D eigenvalue weighted by Gasteiger charge is -2.27. The highest BCUT2D eigenvalue weighted by atomic mass is 19.1. The predicted molar refractivity (Wildman–Crippen MR) is 55.8 cm³/mol. The molecule has 15 heavy (non-hydrogen) atoms. The second kappa shape index (κ2) is 4.57. The largest absolute Gasteiger partial charge is 0.486 e. The van der Waals surface area contributed by atoms with E-state index >= 15 is 0 Å². The summed E-state index contributed by atoms with van der Waals surface area (Å²) in [6.07, 6.45) is 1.08. The van der Waals surface area contributed by atoms with Crippen molar-refractivity contribution in [3.05, 3.63) is 24.0 Å². The predicted octanol–water partition coefficient (Wildman–Crippen LogP) is 1.47. The molecule has 2 heterocycles. The van der Waals surface area contributed by atoms with Gasteiger partial charge in [0.2, 0.25) is 0 Å². The highest BCUT2D eigenvalue weighted by Crippen LogP contribution is 2.17. The van der Waals surface area contributed by atoms with Gasteiger partial charge in [-0.25, -0.2) is 4.39 Å². The molecule has 1 aromatic rings. The number of alkyl halides is 1. The highest BCUT2D eigenvalue weighted by molar-refractivity contribution is 5.19. The Bertz CT molecular complexity index is 315. The third kappa shape index (κ3) is 2.65. The zero-order valence-corrected chi connectivity index (χ0v) is 8.74. The molecule has 82 valence electrons. The van der Waals surface area contributed by atoms with Gasteiger partial charge in [0.05, 0.1) is 6.20 Å². The van der Waals surface area contributed by atoms with Gasteiger partial charge in [0.1, 0.15) is 18.0 Å². The van der Waals surface area contributed by atoms with Crippen LogP contribution in [-0.4, -0.2) is 30.3 Å². The van der Waals surface area contributed by atoms with Gasteiger partial charge in [0.15, 0.2) is 0 Å². The van der Waals surface area contributed by atoms with Crippen molar-refractivity contribution >= 4 is 0 Å². The van der Waals surface area contributed by atoms with Crippen LogP contribution in [0.25, 0.3) is 0 Å². The minimum Gasteiger partial charge on any atom is -0.486 e. The summed E-state index contributed by atoms with van der Waals surface area (Å²) < 4.78 is 19.0. The van der Waals surface area contributed by atoms with E-state index in [0.29, 0.717) is 18.7 Å². The van der Waals surface area contributed by atoms with E-state index in [1.807, 2.05) is 19.1 Å². The molecule has 1 aliphatic rings. The molecule has 3 nitrogen and oxygen atoms in total. The normalized spacial score (nSPS) is 26.3. The molecule has 0 aromatic carbocycles. The van der Waals surface area contributed by atoms with Crippen molar-refractivity contribution in [1.82, 2.24) is 10.3 Å². The third-order valence-corrected chi connectivity index (χ3v) is 2.52. The Balaban J connectivity index is 1.98. The lowest BCUT2D eigenvalue weighted by molar-refractivity contribution is 0.0728. The molecule has 1 fully saturated rings. The summed E-state index contributed by atoms with van der Waals surface area (Å²) in [7, 11) is 0. The Morgan fingerprint density at radius 1 is 1.53 bits per heavy atom. The smallest absolute Gasteiger partial charge is 0.149 e. The fourth-order valence-electron chi connectivity index (χ4n) is 1.63. The number of aryl methyl sites for hydroxylation is 1. The van der Waals surface area contributed by atoms with E-state index in [1.54, 1.807) is 6.20 Å². The van der Waals surface area contributed by atoms with Crippen molar-refractivity contribution in [3.8, 4) is 5.75 Å². The van der Waals surface area contributed by atoms with Crippen LogP contribution in [0.2, 0.25) is 0 Å². The van der Waals surface area contributed by atoms with Crippen molar-refractivity contribution in [2.75, 3.05) is 13.1 Å². The highest BCUT2D eigenvalue weighted by Gasteiger charge is 2.26. The maximum atomic E-state index is 13.4. The van der Waals surface area contributed by atoms with Gasteiger partial charge in [0.25, 0.3) is 0 Å². The second-order valence-corrected chi connectivity index (χ2v) is 3.80. The zero-order valence-electron chi connectivity index (χ0n) is 8.74. The van der Waals surface area contributed by atoms with E-state index in [0.717, 1.165) is 12.2 Å². The van der Waals surface area contributed by atoms with Gasteiger partial charge in [0, 0.05) is 12.2 Å². The van der Waals surface area contributed by atoms with Crippen molar-refractivity contribution < 1.29 is 9.13 Å². The summed E-state index contributed by atoms with van der Waals surface area (Å²) in [4.78, 5) is 4.11. The Hall–Kier alpha value is -1.16. The van der Waals surface area contributed by atoms with Crippen molar-refractivity contribution in [2.45, 2.75) is 25.6 Å². The molecular weight excluding hydrogens is 195 g/mol. The maximum Gasteiger partial charge on any atom is 0.149 e. The van der Waals surface area contributed by atoms with E-state index in [2.05, 4.69) is 10.3 Å². The molecule has 0 saturated carbocycles. The lowest BCUT2D eigenvalue weighted by Crippen LogP contribution is -2.44. The van der Waals surface area contributed by atoms with Crippen LogP contribution >= 0.6 is 0 Å². The van der Waals surface area contributed by atoms with Crippen LogP contribution in [0.5, 0.6) is 5.75 Å². The van der Waals surface area contributed by atoms with Gasteiger partial charge in [-0.1, -0.05) is 0 Å². The van der Waals surface area contributed by atoms with Crippen LogP contribution in [0.4, 0.5) is 4.39 Å². The molecule has 4 heteroatoms. The van der Waals surface area contributed by atoms with Gasteiger partial charge >= 0.3 is 0 Å². The Labute approximate surface area is 88.7 Å². The van der Waals surface area contributed by atoms with Crippen LogP contribution in [0.15, 0.2) is 18.3 Å². The molecule has 0 bridgehead atoms. The van der Waals surface area contributed by atoms with Crippen molar-refractivity contribution in [3.63, 3.8) is 0 Å². The first kappa shape index (κ1) is 10.4. The SMILES string of the molecule is Cc1ccc(O[C@@H]2CCNC[C@@H]2F)cn1. The number of hydrogen-bond donors (Lipinski definition) is 1. The van der Waals surface area contributed by atoms with Gasteiger partial charge in [-0.2, -0.15) is 0 Å². The van der Waals surface area contributed by atoms with Crippen molar-refractivity contribution in [1.29, 1.82) is 0 Å². The Morgan fingerprint density at radius 3 is 3.07 bits per heavy atom. The Morgan fingerprint density at radius 2 is 2.40 bits per heavy atom. The molecule has 2 rings (SSSR count). The van der Waals surface area contributed by atoms with Gasteiger partial charge in [-0.3, -0.25) is 4.98 Å². The zero-order chi connectivity index (χ0) is 10.7. The van der Waals surface area contributed by atoms with E-state index in [-0.39, 0.29) is 6.10 Å². The molecule has 1 N–H and O–H groups in total. The fourth-order valence-corrected chi connectivity index (χ4v) is 1.63. The number of nitrogens with one attached hydrogen (secondary N) is 1. The summed E-state index contributed by atoms with van der Waals surface area (Å²) in [5, 5.41) is 2.99. The molecule has 2 atom stereocenters. The van der Waals surface area contributed by atoms with Gasteiger partial charge in [-0.15, -0.1) is 0 Å². The maximum absolute atomic E-state index is 13.4. The van der Waals surface area contributed by atoms with Crippen molar-refractivity contribution in [2.24, 2.45) is 0 Å². The second-order valence-electron chi connectivity index (χ2n) is 3.80. The Kier molecular flexibility index (Phi) is 3.16. The lowest BCUT2D eigenvalue weighted by atomic mass is 10.1. The minimum atomic E-state index is -0.931. The molecule has 0 radical (unpaired) electrons. The number of halogens is 1. The van der Waals surface area contributed by atoms with E-state index in [4.69, 9.17) is 4.74 Å². The van der Waals surface area contributed by atoms with Crippen LogP contribution in [0, 0.1) is 6.92 Å². The molecule has 0 aliphatic carbocycles. The molecule has 1 saturated heterocycles. The summed E-state index contributed by atoms with van der Waals surface area (Å²) >= 11 is 0. The monoisotopic (exact) mass is 210 g/mol. The first-order valence-electron chi connectivity index (χ1n) is 5.20. The van der Waals surface area contributed by atoms with E-state index in [1.165, 1.54) is 0 Å². The van der Waals surface area contributed by atoms with Gasteiger partial charge in [-0.05, 0) is 32.0 Å². The standard InChI is InChI=1S/C11H15FN2O/c1-8-2-3-9(6-14-8)15-11-4-5-13-7-10(11)12/h2-3,6,10-11,13H,4-5,7H2,1H3/t10-,11+/m0/s1. The van der Waals surface area contributed by atoms with Crippen LogP contribution in [-0.2, 0) is 0 Å².